The van der Waals surface area contributed by atoms with E-state index in [1.807, 2.05) is 30.3 Å². The molecule has 0 spiro atoms. The van der Waals surface area contributed by atoms with Gasteiger partial charge in [-0.1, -0.05) is 30.3 Å². The van der Waals surface area contributed by atoms with E-state index in [4.69, 9.17) is 9.47 Å². The molecule has 33 heavy (non-hydrogen) atoms. The fourth-order valence-corrected chi connectivity index (χ4v) is 3.34. The maximum atomic E-state index is 12.8. The third-order valence-corrected chi connectivity index (χ3v) is 4.96. The van der Waals surface area contributed by atoms with E-state index in [0.29, 0.717) is 18.9 Å². The number of nitrogens with zero attached hydrogens (tertiary/aromatic N) is 1. The molecule has 0 saturated heterocycles. The normalized spacial score (nSPS) is 13.8. The summed E-state index contributed by atoms with van der Waals surface area (Å²) >= 11 is 0. The van der Waals surface area contributed by atoms with Crippen LogP contribution in [0.1, 0.15) is 41.7 Å². The van der Waals surface area contributed by atoms with Crippen LogP contribution in [0.4, 0.5) is 0 Å². The van der Waals surface area contributed by atoms with E-state index >= 15 is 0 Å². The van der Waals surface area contributed by atoms with E-state index in [1.54, 1.807) is 13.0 Å². The fourth-order valence-electron chi connectivity index (χ4n) is 3.34. The minimum absolute atomic E-state index is 0.0152. The largest absolute Gasteiger partial charge is 0.507 e. The molecular weight excluding hydrogens is 424 g/mol. The summed E-state index contributed by atoms with van der Waals surface area (Å²) in [5.41, 5.74) is 0.855. The highest BCUT2D eigenvalue weighted by Crippen LogP contribution is 2.25. The Morgan fingerprint density at radius 2 is 2.03 bits per heavy atom. The van der Waals surface area contributed by atoms with Crippen LogP contribution in [0.2, 0.25) is 0 Å². The highest BCUT2D eigenvalue weighted by Gasteiger charge is 2.21. The first-order valence-corrected chi connectivity index (χ1v) is 11.1. The van der Waals surface area contributed by atoms with Crippen LogP contribution < -0.4 is 20.7 Å². The van der Waals surface area contributed by atoms with Gasteiger partial charge in [-0.2, -0.15) is 0 Å². The maximum absolute atomic E-state index is 12.8. The third-order valence-electron chi connectivity index (χ3n) is 4.96. The van der Waals surface area contributed by atoms with Crippen molar-refractivity contribution in [3.8, 4) is 11.5 Å². The van der Waals surface area contributed by atoms with Crippen molar-refractivity contribution in [3.05, 3.63) is 59.7 Å². The molecular formula is C24H30N4O5. The van der Waals surface area contributed by atoms with Crippen molar-refractivity contribution in [1.29, 1.82) is 0 Å². The summed E-state index contributed by atoms with van der Waals surface area (Å²) in [6.45, 7) is 4.60. The van der Waals surface area contributed by atoms with Gasteiger partial charge < -0.3 is 30.5 Å². The van der Waals surface area contributed by atoms with Crippen LogP contribution in [0.5, 0.6) is 11.5 Å². The summed E-state index contributed by atoms with van der Waals surface area (Å²) in [5.74, 6) is 0.0770. The summed E-state index contributed by atoms with van der Waals surface area (Å²) in [6.07, 6.45) is 1.01. The lowest BCUT2D eigenvalue weighted by Crippen LogP contribution is -2.42. The molecule has 1 aliphatic rings. The number of ether oxygens (including phenoxy) is 2. The molecule has 3 rings (SSSR count). The van der Waals surface area contributed by atoms with Crippen LogP contribution in [-0.4, -0.2) is 55.8 Å². The lowest BCUT2D eigenvalue weighted by molar-refractivity contribution is -0.143. The van der Waals surface area contributed by atoms with Gasteiger partial charge in [-0.25, -0.2) is 0 Å². The minimum Gasteiger partial charge on any atom is -0.507 e. The number of nitrogens with one attached hydrogen (secondary N) is 3. The Kier molecular flexibility index (Phi) is 8.93. The molecule has 176 valence electrons. The highest BCUT2D eigenvalue weighted by atomic mass is 16.5. The first-order chi connectivity index (χ1) is 16.1. The summed E-state index contributed by atoms with van der Waals surface area (Å²) in [4.78, 5) is 29.2. The first-order valence-electron chi connectivity index (χ1n) is 11.1. The number of carbonyl (C=O) groups is 2. The van der Waals surface area contributed by atoms with Gasteiger partial charge in [0.1, 0.15) is 18.1 Å². The SMILES string of the molecule is CCOC(=O)CC(NC(=O)c1ccc(OCCNC2=NCCCN2)cc1O)c1ccccc1. The van der Waals surface area contributed by atoms with Crippen LogP contribution in [0.15, 0.2) is 53.5 Å². The Hall–Kier alpha value is -3.75. The molecule has 0 aliphatic carbocycles. The molecule has 2 aromatic carbocycles. The fraction of sp³-hybridized carbons (Fsp3) is 0.375. The molecule has 2 aromatic rings. The number of amides is 1. The topological polar surface area (TPSA) is 121 Å². The van der Waals surface area contributed by atoms with Crippen molar-refractivity contribution in [3.63, 3.8) is 0 Å². The van der Waals surface area contributed by atoms with E-state index in [-0.39, 0.29) is 24.3 Å². The highest BCUT2D eigenvalue weighted by molar-refractivity contribution is 5.97. The van der Waals surface area contributed by atoms with E-state index < -0.39 is 17.9 Å². The van der Waals surface area contributed by atoms with E-state index in [9.17, 15) is 14.7 Å². The zero-order chi connectivity index (χ0) is 23.5. The number of phenolic OH excluding ortho intramolecular Hbond substituents is 1. The average molecular weight is 455 g/mol. The van der Waals surface area contributed by atoms with Crippen molar-refractivity contribution >= 4 is 17.8 Å². The molecule has 1 atom stereocenters. The molecule has 1 aliphatic heterocycles. The number of carbonyl (C=O) groups excluding carboxylic acids is 2. The van der Waals surface area contributed by atoms with Crippen LogP contribution in [0.3, 0.4) is 0 Å². The second-order valence-electron chi connectivity index (χ2n) is 7.41. The Morgan fingerprint density at radius 3 is 2.73 bits per heavy atom. The van der Waals surface area contributed by atoms with Crippen LogP contribution >= 0.6 is 0 Å². The predicted molar refractivity (Wildman–Crippen MR) is 124 cm³/mol. The van der Waals surface area contributed by atoms with Crippen molar-refractivity contribution < 1.29 is 24.2 Å². The van der Waals surface area contributed by atoms with E-state index in [1.165, 1.54) is 12.1 Å². The number of rotatable bonds is 10. The second kappa shape index (κ2) is 12.3. The molecule has 9 heteroatoms. The Labute approximate surface area is 193 Å². The van der Waals surface area contributed by atoms with Gasteiger partial charge in [0.2, 0.25) is 0 Å². The van der Waals surface area contributed by atoms with Crippen molar-refractivity contribution in [2.24, 2.45) is 4.99 Å². The standard InChI is InChI=1S/C24H30N4O5/c1-2-32-22(30)16-20(17-7-4-3-5-8-17)28-23(31)19-10-9-18(15-21(19)29)33-14-13-27-24-25-11-6-12-26-24/h3-5,7-10,15,20,29H,2,6,11-14,16H2,1H3,(H,28,31)(H2,25,26,27). The molecule has 0 radical (unpaired) electrons. The molecule has 4 N–H and O–H groups in total. The quantitative estimate of drug-likeness (QED) is 0.321. The average Bonchev–Trinajstić information content (AvgIpc) is 2.83. The number of hydrogen-bond acceptors (Lipinski definition) is 8. The smallest absolute Gasteiger partial charge is 0.308 e. The van der Waals surface area contributed by atoms with Gasteiger partial charge in [-0.05, 0) is 31.0 Å². The third kappa shape index (κ3) is 7.41. The van der Waals surface area contributed by atoms with Gasteiger partial charge >= 0.3 is 5.97 Å². The molecule has 1 unspecified atom stereocenters. The monoisotopic (exact) mass is 454 g/mol. The lowest BCUT2D eigenvalue weighted by atomic mass is 10.0. The van der Waals surface area contributed by atoms with Crippen LogP contribution in [0, 0.1) is 0 Å². The zero-order valence-corrected chi connectivity index (χ0v) is 18.7. The molecule has 0 saturated carbocycles. The summed E-state index contributed by atoms with van der Waals surface area (Å²) in [6, 6.07) is 13.1. The maximum Gasteiger partial charge on any atom is 0.308 e. The number of phenols is 1. The van der Waals surface area contributed by atoms with Crippen LogP contribution in [0.25, 0.3) is 0 Å². The van der Waals surface area contributed by atoms with E-state index in [2.05, 4.69) is 20.9 Å². The lowest BCUT2D eigenvalue weighted by Gasteiger charge is -2.19. The Morgan fingerprint density at radius 1 is 1.21 bits per heavy atom. The number of aliphatic imine (C=N–C) groups is 1. The number of esters is 1. The van der Waals surface area contributed by atoms with Gasteiger partial charge in [0.15, 0.2) is 5.96 Å². The molecule has 0 aromatic heterocycles. The predicted octanol–water partition coefficient (Wildman–Crippen LogP) is 2.13. The molecule has 1 amide bonds. The summed E-state index contributed by atoms with van der Waals surface area (Å²) in [5, 5.41) is 19.5. The minimum atomic E-state index is -0.588. The molecule has 0 fully saturated rings. The van der Waals surface area contributed by atoms with Gasteiger partial charge in [0.05, 0.1) is 31.2 Å². The van der Waals surface area contributed by atoms with Gasteiger partial charge in [-0.15, -0.1) is 0 Å². The summed E-state index contributed by atoms with van der Waals surface area (Å²) < 4.78 is 10.7. The van der Waals surface area contributed by atoms with Crippen molar-refractivity contribution in [2.75, 3.05) is 32.8 Å². The Bertz CT molecular complexity index is 965. The number of guanidine groups is 1. The first kappa shape index (κ1) is 23.9. The van der Waals surface area contributed by atoms with Gasteiger partial charge in [-0.3, -0.25) is 14.6 Å². The van der Waals surface area contributed by atoms with Gasteiger partial charge in [0.25, 0.3) is 5.91 Å². The van der Waals surface area contributed by atoms with E-state index in [0.717, 1.165) is 31.0 Å². The molecule has 9 nitrogen and oxygen atoms in total. The number of benzene rings is 2. The van der Waals surface area contributed by atoms with Gasteiger partial charge in [0, 0.05) is 19.2 Å². The van der Waals surface area contributed by atoms with Crippen molar-refractivity contribution in [2.45, 2.75) is 25.8 Å². The second-order valence-corrected chi connectivity index (χ2v) is 7.41. The zero-order valence-electron chi connectivity index (χ0n) is 18.7. The number of hydrogen-bond donors (Lipinski definition) is 4. The molecule has 0 bridgehead atoms. The summed E-state index contributed by atoms with van der Waals surface area (Å²) in [7, 11) is 0. The van der Waals surface area contributed by atoms with Crippen LogP contribution in [-0.2, 0) is 9.53 Å². The molecule has 1 heterocycles. The Balaban J connectivity index is 1.58. The number of aromatic hydroxyl groups is 1. The van der Waals surface area contributed by atoms with Crippen molar-refractivity contribution in [1.82, 2.24) is 16.0 Å².